The van der Waals surface area contributed by atoms with E-state index in [0.29, 0.717) is 17.5 Å². The first kappa shape index (κ1) is 22.6. The van der Waals surface area contributed by atoms with Crippen LogP contribution in [-0.2, 0) is 14.3 Å². The normalized spacial score (nSPS) is 18.1. The van der Waals surface area contributed by atoms with Crippen LogP contribution in [0.1, 0.15) is 18.4 Å². The Morgan fingerprint density at radius 2 is 1.76 bits per heavy atom. The third-order valence-corrected chi connectivity index (χ3v) is 5.45. The fourth-order valence-electron chi connectivity index (χ4n) is 4.02. The molecule has 1 atom stereocenters. The number of hydrogen-bond donors (Lipinski definition) is 2. The lowest BCUT2D eigenvalue weighted by Crippen LogP contribution is -2.43. The Morgan fingerprint density at radius 1 is 1.03 bits per heavy atom. The first-order valence-electron chi connectivity index (χ1n) is 10.3. The number of ether oxygens (including phenoxy) is 2. The maximum absolute atomic E-state index is 14.8. The number of carbonyl (C=O) groups is 2. The van der Waals surface area contributed by atoms with Crippen LogP contribution in [0.2, 0.25) is 0 Å². The van der Waals surface area contributed by atoms with Crippen molar-refractivity contribution in [3.05, 3.63) is 88.0 Å². The molecule has 172 valence electrons. The molecule has 0 aliphatic carbocycles. The molecule has 0 fully saturated rings. The zero-order chi connectivity index (χ0) is 23.5. The highest BCUT2D eigenvalue weighted by molar-refractivity contribution is 6.04. The number of allylic oxidation sites excluding steroid dienone is 1. The summed E-state index contributed by atoms with van der Waals surface area (Å²) in [5, 5.41) is 5.84. The first-order chi connectivity index (χ1) is 15.9. The van der Waals surface area contributed by atoms with Crippen molar-refractivity contribution in [3.63, 3.8) is 0 Å². The quantitative estimate of drug-likeness (QED) is 0.394. The molecular weight excluding hydrogens is 437 g/mol. The Balaban J connectivity index is 1.64. The third-order valence-electron chi connectivity index (χ3n) is 5.45. The molecule has 2 N–H and O–H groups in total. The number of dihydropyridines is 1. The fourth-order valence-corrected chi connectivity index (χ4v) is 4.02. The smallest absolute Gasteiger partial charge is 0.336 e. The van der Waals surface area contributed by atoms with Crippen molar-refractivity contribution >= 4 is 11.8 Å². The number of esters is 1. The summed E-state index contributed by atoms with van der Waals surface area (Å²) in [6.45, 7) is 1.57. The maximum atomic E-state index is 14.8. The molecule has 9 heteroatoms. The molecule has 6 nitrogen and oxygen atoms in total. The zero-order valence-electron chi connectivity index (χ0n) is 17.7. The number of Topliss-reactive ketones (excluding diaryl/α,β-unsaturated/α-hetero) is 1. The second-order valence-electron chi connectivity index (χ2n) is 7.57. The van der Waals surface area contributed by atoms with E-state index in [1.807, 2.05) is 6.07 Å². The number of ketones is 1. The van der Waals surface area contributed by atoms with Crippen LogP contribution in [-0.4, -0.2) is 38.1 Å². The largest absolute Gasteiger partial charge is 0.490 e. The lowest BCUT2D eigenvalue weighted by atomic mass is 9.77. The van der Waals surface area contributed by atoms with E-state index in [4.69, 9.17) is 9.47 Å². The molecule has 2 aliphatic heterocycles. The Kier molecular flexibility index (Phi) is 6.50. The summed E-state index contributed by atoms with van der Waals surface area (Å²) in [5.74, 6) is -6.01. The van der Waals surface area contributed by atoms with E-state index in [2.05, 4.69) is 10.6 Å². The molecule has 2 aromatic carbocycles. The van der Waals surface area contributed by atoms with Gasteiger partial charge in [0.25, 0.3) is 0 Å². The minimum Gasteiger partial charge on any atom is -0.490 e. The van der Waals surface area contributed by atoms with Crippen molar-refractivity contribution in [3.8, 4) is 5.75 Å². The zero-order valence-corrected chi connectivity index (χ0v) is 17.7. The van der Waals surface area contributed by atoms with Gasteiger partial charge in [-0.2, -0.15) is 0 Å². The van der Waals surface area contributed by atoms with E-state index in [9.17, 15) is 22.8 Å². The van der Waals surface area contributed by atoms with Gasteiger partial charge in [-0.15, -0.1) is 0 Å². The summed E-state index contributed by atoms with van der Waals surface area (Å²) in [6, 6.07) is 10.3. The molecule has 4 rings (SSSR count). The molecule has 2 aromatic rings. The Morgan fingerprint density at radius 3 is 2.52 bits per heavy atom. The molecule has 0 aromatic heterocycles. The van der Waals surface area contributed by atoms with Crippen molar-refractivity contribution < 1.29 is 32.2 Å². The third kappa shape index (κ3) is 4.49. The van der Waals surface area contributed by atoms with Gasteiger partial charge in [-0.3, -0.25) is 4.79 Å². The molecular formula is C24H21F3N2O4. The van der Waals surface area contributed by atoms with E-state index < -0.39 is 40.7 Å². The molecule has 0 spiro atoms. The average molecular weight is 458 g/mol. The predicted molar refractivity (Wildman–Crippen MR) is 113 cm³/mol. The molecule has 2 aliphatic rings. The van der Waals surface area contributed by atoms with Gasteiger partial charge in [0.05, 0.1) is 18.0 Å². The van der Waals surface area contributed by atoms with Gasteiger partial charge in [0, 0.05) is 29.1 Å². The van der Waals surface area contributed by atoms with Gasteiger partial charge in [-0.1, -0.05) is 18.2 Å². The van der Waals surface area contributed by atoms with Crippen LogP contribution in [0, 0.1) is 17.5 Å². The van der Waals surface area contributed by atoms with Crippen LogP contribution >= 0.6 is 0 Å². The van der Waals surface area contributed by atoms with Crippen LogP contribution < -0.4 is 15.4 Å². The molecule has 0 saturated heterocycles. The van der Waals surface area contributed by atoms with E-state index in [1.165, 1.54) is 6.92 Å². The molecule has 33 heavy (non-hydrogen) atoms. The summed E-state index contributed by atoms with van der Waals surface area (Å²) in [4.78, 5) is 25.7. The van der Waals surface area contributed by atoms with Crippen LogP contribution in [0.25, 0.3) is 0 Å². The van der Waals surface area contributed by atoms with Crippen molar-refractivity contribution in [2.75, 3.05) is 26.3 Å². The Labute approximate surface area is 188 Å². The van der Waals surface area contributed by atoms with Gasteiger partial charge in [0.15, 0.2) is 17.4 Å². The van der Waals surface area contributed by atoms with Gasteiger partial charge in [-0.05, 0) is 31.2 Å². The molecule has 0 radical (unpaired) electrons. The maximum Gasteiger partial charge on any atom is 0.336 e. The Hall–Kier alpha value is -3.59. The summed E-state index contributed by atoms with van der Waals surface area (Å²) in [6.07, 6.45) is 0. The van der Waals surface area contributed by atoms with Crippen molar-refractivity contribution in [1.29, 1.82) is 0 Å². The average Bonchev–Trinajstić information content (AvgIpc) is 2.80. The number of para-hydroxylation sites is 1. The number of benzene rings is 2. The summed E-state index contributed by atoms with van der Waals surface area (Å²) >= 11 is 0. The molecule has 1 unspecified atom stereocenters. The Bertz CT molecular complexity index is 1160. The summed E-state index contributed by atoms with van der Waals surface area (Å²) in [5.41, 5.74) is -0.221. The number of carbonyl (C=O) groups excluding carboxylic acids is 2. The van der Waals surface area contributed by atoms with Crippen LogP contribution in [0.4, 0.5) is 13.2 Å². The molecule has 0 amide bonds. The highest BCUT2D eigenvalue weighted by atomic mass is 19.2. The molecule has 0 bridgehead atoms. The minimum absolute atomic E-state index is 0.00948. The lowest BCUT2D eigenvalue weighted by molar-refractivity contribution is -0.140. The van der Waals surface area contributed by atoms with Crippen molar-refractivity contribution in [2.45, 2.75) is 12.8 Å². The van der Waals surface area contributed by atoms with Gasteiger partial charge in [0.1, 0.15) is 24.8 Å². The fraction of sp³-hybridized carbons (Fsp3) is 0.250. The highest BCUT2D eigenvalue weighted by Gasteiger charge is 2.42. The summed E-state index contributed by atoms with van der Waals surface area (Å²) in [7, 11) is 0. The van der Waals surface area contributed by atoms with Gasteiger partial charge in [0.2, 0.25) is 0 Å². The van der Waals surface area contributed by atoms with Crippen molar-refractivity contribution in [2.24, 2.45) is 0 Å². The van der Waals surface area contributed by atoms with Crippen LogP contribution in [0.3, 0.4) is 0 Å². The summed E-state index contributed by atoms with van der Waals surface area (Å²) < 4.78 is 54.4. The van der Waals surface area contributed by atoms with E-state index in [0.717, 1.165) is 6.07 Å². The number of rotatable bonds is 6. The SMILES string of the molecule is CC1=C(C(=O)OCCOc2ccccc2)C(c2c(F)ccc(F)c2F)C2=C(CNCC2=O)N1. The monoisotopic (exact) mass is 458 g/mol. The standard InChI is InChI=1S/C24H21F3N2O4/c1-13-19(24(31)33-10-9-32-14-5-3-2-4-6-14)22(20-15(25)7-8-16(26)23(20)27)21-17(29-13)11-28-12-18(21)30/h2-8,22,28-29H,9-12H2,1H3. The number of halogens is 3. The minimum atomic E-state index is -1.45. The highest BCUT2D eigenvalue weighted by Crippen LogP contribution is 2.42. The second-order valence-corrected chi connectivity index (χ2v) is 7.57. The van der Waals surface area contributed by atoms with Crippen molar-refractivity contribution in [1.82, 2.24) is 10.6 Å². The number of hydrogen-bond acceptors (Lipinski definition) is 6. The van der Waals surface area contributed by atoms with Gasteiger partial charge >= 0.3 is 5.97 Å². The topological polar surface area (TPSA) is 76.7 Å². The van der Waals surface area contributed by atoms with E-state index in [-0.39, 0.29) is 43.1 Å². The first-order valence-corrected chi connectivity index (χ1v) is 10.3. The van der Waals surface area contributed by atoms with Gasteiger partial charge < -0.3 is 20.1 Å². The predicted octanol–water partition coefficient (Wildman–Crippen LogP) is 3.11. The van der Waals surface area contributed by atoms with E-state index in [1.54, 1.807) is 24.3 Å². The second kappa shape index (κ2) is 9.50. The lowest BCUT2D eigenvalue weighted by Gasteiger charge is -2.34. The number of nitrogens with one attached hydrogen (secondary N) is 2. The molecule has 2 heterocycles. The molecule has 0 saturated carbocycles. The van der Waals surface area contributed by atoms with E-state index >= 15 is 0 Å². The van der Waals surface area contributed by atoms with Gasteiger partial charge in [-0.25, -0.2) is 18.0 Å². The van der Waals surface area contributed by atoms with Crippen LogP contribution in [0.15, 0.2) is 65.0 Å². The van der Waals surface area contributed by atoms with Crippen LogP contribution in [0.5, 0.6) is 5.75 Å².